The molecule has 2 aliphatic rings. The maximum Gasteiger partial charge on any atom is 0.0594 e. The Morgan fingerprint density at radius 3 is 2.69 bits per heavy atom. The number of hydrogen-bond acceptors (Lipinski definition) is 4. The summed E-state index contributed by atoms with van der Waals surface area (Å²) in [6, 6.07) is 0. The van der Waals surface area contributed by atoms with E-state index in [0.717, 1.165) is 32.8 Å². The Hall–Kier alpha value is 0.230. The van der Waals surface area contributed by atoms with Crippen LogP contribution in [-0.4, -0.2) is 54.8 Å². The minimum atomic E-state index is 0.300. The Labute approximate surface area is 84.0 Å². The Morgan fingerprint density at radius 1 is 1.38 bits per heavy atom. The van der Waals surface area contributed by atoms with Crippen molar-refractivity contribution < 1.29 is 4.74 Å². The summed E-state index contributed by atoms with van der Waals surface area (Å²) in [5.41, 5.74) is 6.20. The molecule has 76 valence electrons. The molecule has 0 aromatic heterocycles. The topological polar surface area (TPSA) is 38.5 Å². The molecule has 3 nitrogen and oxygen atoms in total. The van der Waals surface area contributed by atoms with E-state index in [1.807, 2.05) is 11.8 Å². The molecule has 0 aromatic rings. The smallest absolute Gasteiger partial charge is 0.0594 e. The molecule has 2 rings (SSSR count). The molecule has 0 aromatic carbocycles. The van der Waals surface area contributed by atoms with Gasteiger partial charge in [0.15, 0.2) is 0 Å². The molecule has 2 N–H and O–H groups in total. The maximum atomic E-state index is 5.90. The van der Waals surface area contributed by atoms with Gasteiger partial charge >= 0.3 is 0 Å². The van der Waals surface area contributed by atoms with Gasteiger partial charge in [-0.1, -0.05) is 0 Å². The average Bonchev–Trinajstić information content (AvgIpc) is 2.69. The first-order valence-electron chi connectivity index (χ1n) is 4.98. The van der Waals surface area contributed by atoms with E-state index in [2.05, 4.69) is 4.90 Å². The molecule has 0 bridgehead atoms. The number of thioether (sulfide) groups is 1. The van der Waals surface area contributed by atoms with Crippen molar-refractivity contribution >= 4 is 11.8 Å². The normalized spacial score (nSPS) is 36.7. The molecule has 0 unspecified atom stereocenters. The van der Waals surface area contributed by atoms with Gasteiger partial charge in [-0.3, -0.25) is 4.90 Å². The van der Waals surface area contributed by atoms with E-state index in [1.54, 1.807) is 0 Å². The monoisotopic (exact) mass is 202 g/mol. The molecule has 2 fully saturated rings. The lowest BCUT2D eigenvalue weighted by molar-refractivity contribution is -0.0105. The Kier molecular flexibility index (Phi) is 3.14. The fourth-order valence-electron chi connectivity index (χ4n) is 2.17. The molecule has 0 spiro atoms. The Morgan fingerprint density at radius 2 is 2.15 bits per heavy atom. The van der Waals surface area contributed by atoms with E-state index in [9.17, 15) is 0 Å². The zero-order chi connectivity index (χ0) is 9.15. The quantitative estimate of drug-likeness (QED) is 0.692. The van der Waals surface area contributed by atoms with Crippen molar-refractivity contribution in [2.75, 3.05) is 44.4 Å². The van der Waals surface area contributed by atoms with E-state index < -0.39 is 0 Å². The summed E-state index contributed by atoms with van der Waals surface area (Å²) in [4.78, 5) is 2.54. The summed E-state index contributed by atoms with van der Waals surface area (Å²) >= 11 is 2.04. The van der Waals surface area contributed by atoms with E-state index in [0.29, 0.717) is 5.54 Å². The molecule has 13 heavy (non-hydrogen) atoms. The second kappa shape index (κ2) is 4.17. The molecule has 0 saturated carbocycles. The molecule has 2 aliphatic heterocycles. The largest absolute Gasteiger partial charge is 0.379 e. The van der Waals surface area contributed by atoms with Crippen molar-refractivity contribution in [3.05, 3.63) is 0 Å². The lowest BCUT2D eigenvalue weighted by atomic mass is 9.96. The van der Waals surface area contributed by atoms with Crippen molar-refractivity contribution in [1.82, 2.24) is 4.90 Å². The summed E-state index contributed by atoms with van der Waals surface area (Å²) in [6.45, 7) is 4.70. The lowest BCUT2D eigenvalue weighted by Crippen LogP contribution is -2.57. The second-order valence-corrected chi connectivity index (χ2v) is 4.94. The van der Waals surface area contributed by atoms with Crippen LogP contribution in [0.5, 0.6) is 0 Å². The van der Waals surface area contributed by atoms with Gasteiger partial charge in [-0.25, -0.2) is 0 Å². The van der Waals surface area contributed by atoms with Crippen molar-refractivity contribution in [3.8, 4) is 0 Å². The summed E-state index contributed by atoms with van der Waals surface area (Å²) in [5.74, 6) is 2.48. The maximum absolute atomic E-state index is 5.90. The molecule has 0 radical (unpaired) electrons. The van der Waals surface area contributed by atoms with Crippen LogP contribution < -0.4 is 5.73 Å². The van der Waals surface area contributed by atoms with Gasteiger partial charge in [-0.2, -0.15) is 11.8 Å². The molecule has 4 heteroatoms. The van der Waals surface area contributed by atoms with Gasteiger partial charge in [0.25, 0.3) is 0 Å². The predicted octanol–water partition coefficient (Wildman–Crippen LogP) is 0.153. The Balaban J connectivity index is 2.01. The molecule has 0 aliphatic carbocycles. The standard InChI is InChI=1S/C9H18N2OS/c10-7-9(1-6-13-8-9)11-2-4-12-5-3-11/h1-8,10H2/t9-/m1/s1. The van der Waals surface area contributed by atoms with Gasteiger partial charge in [-0.15, -0.1) is 0 Å². The first kappa shape index (κ1) is 9.77. The van der Waals surface area contributed by atoms with E-state index in [1.165, 1.54) is 17.9 Å². The number of hydrogen-bond donors (Lipinski definition) is 1. The third-order valence-corrected chi connectivity index (χ3v) is 4.38. The lowest BCUT2D eigenvalue weighted by Gasteiger charge is -2.42. The van der Waals surface area contributed by atoms with E-state index >= 15 is 0 Å². The highest BCUT2D eigenvalue weighted by Gasteiger charge is 2.39. The molecule has 2 heterocycles. The average molecular weight is 202 g/mol. The van der Waals surface area contributed by atoms with Crippen LogP contribution in [0.1, 0.15) is 6.42 Å². The molecule has 1 atom stereocenters. The van der Waals surface area contributed by atoms with E-state index in [-0.39, 0.29) is 0 Å². The van der Waals surface area contributed by atoms with Crippen LogP contribution in [0.25, 0.3) is 0 Å². The van der Waals surface area contributed by atoms with Gasteiger partial charge in [0.1, 0.15) is 0 Å². The number of rotatable bonds is 2. The highest BCUT2D eigenvalue weighted by Crippen LogP contribution is 2.32. The predicted molar refractivity (Wildman–Crippen MR) is 56.1 cm³/mol. The number of ether oxygens (including phenoxy) is 1. The first-order valence-corrected chi connectivity index (χ1v) is 6.13. The van der Waals surface area contributed by atoms with Gasteiger partial charge in [0.05, 0.1) is 13.2 Å². The van der Waals surface area contributed by atoms with Crippen LogP contribution in [-0.2, 0) is 4.74 Å². The second-order valence-electron chi connectivity index (χ2n) is 3.83. The molecular weight excluding hydrogens is 184 g/mol. The van der Waals surface area contributed by atoms with Crippen LogP contribution in [0.3, 0.4) is 0 Å². The fourth-order valence-corrected chi connectivity index (χ4v) is 3.67. The number of morpholine rings is 1. The van der Waals surface area contributed by atoms with Gasteiger partial charge in [0, 0.05) is 30.9 Å². The zero-order valence-electron chi connectivity index (χ0n) is 8.00. The molecule has 0 amide bonds. The Bertz CT molecular complexity index is 165. The van der Waals surface area contributed by atoms with Gasteiger partial charge < -0.3 is 10.5 Å². The van der Waals surface area contributed by atoms with E-state index in [4.69, 9.17) is 10.5 Å². The van der Waals surface area contributed by atoms with Crippen LogP contribution >= 0.6 is 11.8 Å². The first-order chi connectivity index (χ1) is 6.37. The highest BCUT2D eigenvalue weighted by atomic mass is 32.2. The zero-order valence-corrected chi connectivity index (χ0v) is 8.81. The third kappa shape index (κ3) is 1.86. The minimum absolute atomic E-state index is 0.300. The van der Waals surface area contributed by atoms with Gasteiger partial charge in [-0.05, 0) is 12.2 Å². The molecule has 2 saturated heterocycles. The number of nitrogens with two attached hydrogens (primary N) is 1. The van der Waals surface area contributed by atoms with Crippen LogP contribution in [0.4, 0.5) is 0 Å². The summed E-state index contributed by atoms with van der Waals surface area (Å²) in [7, 11) is 0. The summed E-state index contributed by atoms with van der Waals surface area (Å²) in [5, 5.41) is 0. The SMILES string of the molecule is NC[C@]1(N2CCOCC2)CCSC1. The van der Waals surface area contributed by atoms with Crippen molar-refractivity contribution in [3.63, 3.8) is 0 Å². The number of nitrogens with zero attached hydrogens (tertiary/aromatic N) is 1. The van der Waals surface area contributed by atoms with Crippen molar-refractivity contribution in [2.45, 2.75) is 12.0 Å². The molecular formula is C9H18N2OS. The minimum Gasteiger partial charge on any atom is -0.379 e. The highest BCUT2D eigenvalue weighted by molar-refractivity contribution is 7.99. The van der Waals surface area contributed by atoms with Crippen molar-refractivity contribution in [2.24, 2.45) is 5.73 Å². The van der Waals surface area contributed by atoms with Crippen LogP contribution in [0, 0.1) is 0 Å². The fraction of sp³-hybridized carbons (Fsp3) is 1.00. The van der Waals surface area contributed by atoms with Crippen LogP contribution in [0.15, 0.2) is 0 Å². The summed E-state index contributed by atoms with van der Waals surface area (Å²) < 4.78 is 5.36. The van der Waals surface area contributed by atoms with Crippen LogP contribution in [0.2, 0.25) is 0 Å². The summed E-state index contributed by atoms with van der Waals surface area (Å²) in [6.07, 6.45) is 1.26. The third-order valence-electron chi connectivity index (χ3n) is 3.14. The van der Waals surface area contributed by atoms with Crippen molar-refractivity contribution in [1.29, 1.82) is 0 Å². The van der Waals surface area contributed by atoms with Gasteiger partial charge in [0.2, 0.25) is 0 Å².